The van der Waals surface area contributed by atoms with E-state index in [1.807, 2.05) is 12.1 Å². The molecule has 0 aliphatic carbocycles. The number of fused-ring (bicyclic) bond motifs is 3. The van der Waals surface area contributed by atoms with Crippen molar-refractivity contribution < 1.29 is 9.13 Å². The lowest BCUT2D eigenvalue weighted by Gasteiger charge is -2.35. The van der Waals surface area contributed by atoms with Crippen molar-refractivity contribution >= 4 is 11.6 Å². The van der Waals surface area contributed by atoms with Gasteiger partial charge >= 0.3 is 0 Å². The summed E-state index contributed by atoms with van der Waals surface area (Å²) in [6.45, 7) is 0.689. The molecule has 0 amide bonds. The molecule has 2 bridgehead atoms. The third-order valence-corrected chi connectivity index (χ3v) is 5.11. The summed E-state index contributed by atoms with van der Waals surface area (Å²) in [4.78, 5) is 0. The summed E-state index contributed by atoms with van der Waals surface area (Å²) >= 11 is 6.17. The van der Waals surface area contributed by atoms with Crippen molar-refractivity contribution in [2.75, 3.05) is 6.61 Å². The molecule has 2 fully saturated rings. The number of benzene rings is 1. The third-order valence-electron chi connectivity index (χ3n) is 4.89. The van der Waals surface area contributed by atoms with Gasteiger partial charge in [0.25, 0.3) is 0 Å². The average Bonchev–Trinajstić information content (AvgIpc) is 2.95. The van der Waals surface area contributed by atoms with E-state index in [2.05, 4.69) is 5.32 Å². The number of hydrogen-bond acceptors (Lipinski definition) is 2. The highest BCUT2D eigenvalue weighted by Crippen LogP contribution is 2.42. The lowest BCUT2D eigenvalue weighted by molar-refractivity contribution is 0.0886. The van der Waals surface area contributed by atoms with Gasteiger partial charge in [0.2, 0.25) is 0 Å². The van der Waals surface area contributed by atoms with Gasteiger partial charge in [-0.05, 0) is 48.9 Å². The summed E-state index contributed by atoms with van der Waals surface area (Å²) < 4.78 is 21.0. The largest absolute Gasteiger partial charge is 0.493 e. The first-order chi connectivity index (χ1) is 9.61. The lowest BCUT2D eigenvalue weighted by atomic mass is 9.83. The van der Waals surface area contributed by atoms with Gasteiger partial charge in [0.15, 0.2) is 0 Å². The minimum Gasteiger partial charge on any atom is -0.493 e. The van der Waals surface area contributed by atoms with E-state index < -0.39 is 5.67 Å². The molecule has 20 heavy (non-hydrogen) atoms. The Labute approximate surface area is 123 Å². The predicted octanol–water partition coefficient (Wildman–Crippen LogP) is 3.44. The van der Waals surface area contributed by atoms with E-state index in [9.17, 15) is 0 Å². The molecule has 0 spiro atoms. The highest BCUT2D eigenvalue weighted by molar-refractivity contribution is 6.30. The molecule has 2 nitrogen and oxygen atoms in total. The van der Waals surface area contributed by atoms with Gasteiger partial charge in [0, 0.05) is 29.9 Å². The number of piperidine rings is 1. The minimum atomic E-state index is -1.11. The zero-order chi connectivity index (χ0) is 13.7. The SMILES string of the molecule is FC1(Cc2cc(Cl)cc3c2OCC3)CC2CCC(C1)N2. The molecule has 1 aromatic rings. The maximum absolute atomic E-state index is 15.3. The normalized spacial score (nSPS) is 34.9. The van der Waals surface area contributed by atoms with Gasteiger partial charge in [-0.2, -0.15) is 0 Å². The van der Waals surface area contributed by atoms with Crippen molar-refractivity contribution in [1.29, 1.82) is 0 Å². The smallest absolute Gasteiger partial charge is 0.126 e. The number of nitrogens with one attached hydrogen (secondary N) is 1. The molecule has 4 heteroatoms. The summed E-state index contributed by atoms with van der Waals surface area (Å²) in [5, 5.41) is 4.20. The van der Waals surface area contributed by atoms with E-state index in [1.165, 1.54) is 0 Å². The highest BCUT2D eigenvalue weighted by atomic mass is 35.5. The van der Waals surface area contributed by atoms with Crippen molar-refractivity contribution in [3.05, 3.63) is 28.3 Å². The fraction of sp³-hybridized carbons (Fsp3) is 0.625. The molecule has 1 aromatic carbocycles. The number of rotatable bonds is 2. The molecule has 0 radical (unpaired) electrons. The summed E-state index contributed by atoms with van der Waals surface area (Å²) in [5.41, 5.74) is 0.975. The Kier molecular flexibility index (Phi) is 2.97. The Morgan fingerprint density at radius 2 is 2.05 bits per heavy atom. The van der Waals surface area contributed by atoms with Gasteiger partial charge in [-0.15, -0.1) is 0 Å². The van der Waals surface area contributed by atoms with Gasteiger partial charge in [-0.25, -0.2) is 4.39 Å². The van der Waals surface area contributed by atoms with E-state index in [1.54, 1.807) is 0 Å². The average molecular weight is 296 g/mol. The Hall–Kier alpha value is -0.800. The molecule has 2 atom stereocenters. The second kappa shape index (κ2) is 4.60. The zero-order valence-electron chi connectivity index (χ0n) is 11.4. The molecule has 3 aliphatic heterocycles. The van der Waals surface area contributed by atoms with Gasteiger partial charge in [0.05, 0.1) is 6.61 Å². The van der Waals surface area contributed by atoms with Crippen LogP contribution in [0.15, 0.2) is 12.1 Å². The van der Waals surface area contributed by atoms with Crippen molar-refractivity contribution in [3.63, 3.8) is 0 Å². The van der Waals surface area contributed by atoms with Crippen molar-refractivity contribution in [2.24, 2.45) is 0 Å². The summed E-state index contributed by atoms with van der Waals surface area (Å²) in [6.07, 6.45) is 4.77. The molecule has 3 aliphatic rings. The van der Waals surface area contributed by atoms with E-state index in [-0.39, 0.29) is 0 Å². The molecule has 2 saturated heterocycles. The van der Waals surface area contributed by atoms with Gasteiger partial charge in [-0.3, -0.25) is 0 Å². The van der Waals surface area contributed by atoms with Crippen molar-refractivity contribution in [2.45, 2.75) is 56.3 Å². The maximum atomic E-state index is 15.3. The first kappa shape index (κ1) is 12.9. The topological polar surface area (TPSA) is 21.3 Å². The van der Waals surface area contributed by atoms with Gasteiger partial charge < -0.3 is 10.1 Å². The van der Waals surface area contributed by atoms with Crippen LogP contribution in [0.4, 0.5) is 4.39 Å². The second-order valence-electron chi connectivity index (χ2n) is 6.53. The van der Waals surface area contributed by atoms with Crippen LogP contribution in [0, 0.1) is 0 Å². The van der Waals surface area contributed by atoms with Crippen LogP contribution in [0.1, 0.15) is 36.8 Å². The molecule has 0 saturated carbocycles. The molecule has 2 unspecified atom stereocenters. The molecular formula is C16H19ClFNO. The van der Waals surface area contributed by atoms with Crippen LogP contribution >= 0.6 is 11.6 Å². The van der Waals surface area contributed by atoms with Crippen LogP contribution in [0.5, 0.6) is 5.75 Å². The summed E-state index contributed by atoms with van der Waals surface area (Å²) in [7, 11) is 0. The number of halogens is 2. The van der Waals surface area contributed by atoms with E-state index in [0.29, 0.717) is 43.0 Å². The molecule has 1 N–H and O–H groups in total. The van der Waals surface area contributed by atoms with E-state index in [4.69, 9.17) is 16.3 Å². The van der Waals surface area contributed by atoms with Crippen molar-refractivity contribution in [1.82, 2.24) is 5.32 Å². The van der Waals surface area contributed by atoms with Crippen LogP contribution in [0.25, 0.3) is 0 Å². The number of ether oxygens (including phenoxy) is 1. The Balaban J connectivity index is 1.63. The van der Waals surface area contributed by atoms with Crippen LogP contribution in [0.3, 0.4) is 0 Å². The minimum absolute atomic E-state index is 0.354. The van der Waals surface area contributed by atoms with Gasteiger partial charge in [-0.1, -0.05) is 11.6 Å². The standard InChI is InChI=1S/C16H19ClFNO/c17-12-5-10-3-4-20-15(10)11(6-12)7-16(18)8-13-1-2-14(9-16)19-13/h5-6,13-14,19H,1-4,7-9H2. The highest BCUT2D eigenvalue weighted by Gasteiger charge is 2.44. The first-order valence-corrected chi connectivity index (χ1v) is 7.88. The van der Waals surface area contributed by atoms with Crippen LogP contribution < -0.4 is 10.1 Å². The predicted molar refractivity (Wildman–Crippen MR) is 77.4 cm³/mol. The molecule has 0 aromatic heterocycles. The van der Waals surface area contributed by atoms with Crippen molar-refractivity contribution in [3.8, 4) is 5.75 Å². The maximum Gasteiger partial charge on any atom is 0.126 e. The molecule has 108 valence electrons. The Morgan fingerprint density at radius 3 is 2.80 bits per heavy atom. The van der Waals surface area contributed by atoms with Gasteiger partial charge in [0.1, 0.15) is 11.4 Å². The van der Waals surface area contributed by atoms with Crippen LogP contribution in [-0.4, -0.2) is 24.4 Å². The summed E-state index contributed by atoms with van der Waals surface area (Å²) in [6, 6.07) is 4.54. The Bertz CT molecular complexity index is 536. The quantitative estimate of drug-likeness (QED) is 0.902. The Morgan fingerprint density at radius 1 is 1.30 bits per heavy atom. The fourth-order valence-electron chi connectivity index (χ4n) is 4.15. The molecule has 3 heterocycles. The molecular weight excluding hydrogens is 277 g/mol. The van der Waals surface area contributed by atoms with Crippen LogP contribution in [0.2, 0.25) is 5.02 Å². The zero-order valence-corrected chi connectivity index (χ0v) is 12.2. The first-order valence-electron chi connectivity index (χ1n) is 7.50. The third kappa shape index (κ3) is 2.21. The van der Waals surface area contributed by atoms with Crippen LogP contribution in [-0.2, 0) is 12.8 Å². The monoisotopic (exact) mass is 295 g/mol. The van der Waals surface area contributed by atoms with E-state index >= 15 is 4.39 Å². The number of alkyl halides is 1. The lowest BCUT2D eigenvalue weighted by Crippen LogP contribution is -2.47. The molecule has 4 rings (SSSR count). The fourth-order valence-corrected chi connectivity index (χ4v) is 4.42. The summed E-state index contributed by atoms with van der Waals surface area (Å²) in [5.74, 6) is 0.886. The van der Waals surface area contributed by atoms with E-state index in [0.717, 1.165) is 36.1 Å². The number of hydrogen-bond donors (Lipinski definition) is 1. The second-order valence-corrected chi connectivity index (χ2v) is 6.96.